The Kier molecular flexibility index (Phi) is 4.92. The van der Waals surface area contributed by atoms with E-state index in [1.807, 2.05) is 29.2 Å². The van der Waals surface area contributed by atoms with E-state index in [-0.39, 0.29) is 5.91 Å². The summed E-state index contributed by atoms with van der Waals surface area (Å²) in [6, 6.07) is 12.1. The zero-order valence-corrected chi connectivity index (χ0v) is 14.6. The minimum atomic E-state index is 0.155. The third-order valence-corrected chi connectivity index (χ3v) is 5.29. The van der Waals surface area contributed by atoms with Gasteiger partial charge in [-0.1, -0.05) is 6.07 Å². The van der Waals surface area contributed by atoms with Crippen molar-refractivity contribution >= 4 is 39.8 Å². The number of thiophene rings is 1. The first-order valence-corrected chi connectivity index (χ1v) is 8.98. The van der Waals surface area contributed by atoms with Crippen molar-refractivity contribution < 1.29 is 4.79 Å². The van der Waals surface area contributed by atoms with Crippen molar-refractivity contribution in [2.24, 2.45) is 0 Å². The Labute approximate surface area is 142 Å². The molecule has 1 fully saturated rings. The van der Waals surface area contributed by atoms with Crippen LogP contribution in [0, 0.1) is 3.57 Å². The zero-order chi connectivity index (χ0) is 14.7. The predicted molar refractivity (Wildman–Crippen MR) is 94.7 cm³/mol. The van der Waals surface area contributed by atoms with Crippen LogP contribution < -0.4 is 0 Å². The first-order valence-electron chi connectivity index (χ1n) is 7.02. The third-order valence-electron chi connectivity index (χ3n) is 3.71. The molecular formula is C16H17IN2OS. The van der Waals surface area contributed by atoms with Crippen LogP contribution >= 0.6 is 33.9 Å². The minimum Gasteiger partial charge on any atom is -0.336 e. The molecule has 2 aromatic rings. The Bertz CT molecular complexity index is 589. The van der Waals surface area contributed by atoms with E-state index in [0.717, 1.165) is 41.9 Å². The molecule has 1 aromatic carbocycles. The second kappa shape index (κ2) is 6.89. The van der Waals surface area contributed by atoms with Crippen LogP contribution in [0.5, 0.6) is 0 Å². The summed E-state index contributed by atoms with van der Waals surface area (Å²) in [6.07, 6.45) is 0. The van der Waals surface area contributed by atoms with Crippen molar-refractivity contribution in [3.8, 4) is 0 Å². The average molecular weight is 412 g/mol. The maximum Gasteiger partial charge on any atom is 0.253 e. The summed E-state index contributed by atoms with van der Waals surface area (Å²) >= 11 is 4.06. The molecular weight excluding hydrogens is 395 g/mol. The molecule has 1 amide bonds. The van der Waals surface area contributed by atoms with E-state index in [0.29, 0.717) is 0 Å². The monoisotopic (exact) mass is 412 g/mol. The summed E-state index contributed by atoms with van der Waals surface area (Å²) in [4.78, 5) is 18.2. The fourth-order valence-electron chi connectivity index (χ4n) is 2.51. The molecule has 5 heteroatoms. The molecule has 0 spiro atoms. The first-order chi connectivity index (χ1) is 10.2. The lowest BCUT2D eigenvalue weighted by Gasteiger charge is -2.34. The van der Waals surface area contributed by atoms with Gasteiger partial charge in [-0.25, -0.2) is 0 Å². The molecule has 2 heterocycles. The van der Waals surface area contributed by atoms with Crippen LogP contribution in [0.25, 0.3) is 0 Å². The molecule has 1 aliphatic heterocycles. The Balaban J connectivity index is 1.55. The van der Waals surface area contributed by atoms with E-state index in [1.54, 1.807) is 11.3 Å². The van der Waals surface area contributed by atoms with Crippen LogP contribution in [-0.2, 0) is 6.54 Å². The van der Waals surface area contributed by atoms with Crippen molar-refractivity contribution in [2.75, 3.05) is 26.2 Å². The highest BCUT2D eigenvalue weighted by Gasteiger charge is 2.22. The highest BCUT2D eigenvalue weighted by Crippen LogP contribution is 2.15. The lowest BCUT2D eigenvalue weighted by Crippen LogP contribution is -2.48. The van der Waals surface area contributed by atoms with Crippen molar-refractivity contribution in [1.29, 1.82) is 0 Å². The summed E-state index contributed by atoms with van der Waals surface area (Å²) < 4.78 is 1.16. The van der Waals surface area contributed by atoms with Gasteiger partial charge in [-0.05, 0) is 58.3 Å². The largest absolute Gasteiger partial charge is 0.336 e. The molecule has 3 rings (SSSR count). The highest BCUT2D eigenvalue weighted by molar-refractivity contribution is 14.1. The van der Waals surface area contributed by atoms with Crippen LogP contribution in [0.15, 0.2) is 41.8 Å². The summed E-state index contributed by atoms with van der Waals surface area (Å²) in [7, 11) is 0. The maximum absolute atomic E-state index is 12.4. The van der Waals surface area contributed by atoms with Gasteiger partial charge in [0.1, 0.15) is 0 Å². The second-order valence-electron chi connectivity index (χ2n) is 5.15. The summed E-state index contributed by atoms with van der Waals surface area (Å²) in [5, 5.41) is 2.12. The quantitative estimate of drug-likeness (QED) is 0.723. The number of hydrogen-bond acceptors (Lipinski definition) is 3. The number of amides is 1. The van der Waals surface area contributed by atoms with Gasteiger partial charge in [0.15, 0.2) is 0 Å². The standard InChI is InChI=1S/C16H17IN2OS/c17-14-5-3-13(4-6-14)16(20)19-9-7-18(8-10-19)12-15-2-1-11-21-15/h1-6,11H,7-10,12H2. The molecule has 1 aliphatic rings. The zero-order valence-electron chi connectivity index (χ0n) is 11.7. The number of rotatable bonds is 3. The Morgan fingerprint density at radius 1 is 1.10 bits per heavy atom. The SMILES string of the molecule is O=C(c1ccc(I)cc1)N1CCN(Cc2cccs2)CC1. The Hall–Kier alpha value is -0.920. The van der Waals surface area contributed by atoms with Crippen LogP contribution in [0.2, 0.25) is 0 Å². The van der Waals surface area contributed by atoms with Crippen LogP contribution in [-0.4, -0.2) is 41.9 Å². The fourth-order valence-corrected chi connectivity index (χ4v) is 3.61. The molecule has 0 aliphatic carbocycles. The number of carbonyl (C=O) groups excluding carboxylic acids is 1. The lowest BCUT2D eigenvalue weighted by atomic mass is 10.2. The van der Waals surface area contributed by atoms with Crippen molar-refractivity contribution in [1.82, 2.24) is 9.80 Å². The number of piperazine rings is 1. The number of halogens is 1. The van der Waals surface area contributed by atoms with Crippen molar-refractivity contribution in [2.45, 2.75) is 6.54 Å². The van der Waals surface area contributed by atoms with E-state index in [1.165, 1.54) is 4.88 Å². The normalized spacial score (nSPS) is 16.1. The first kappa shape index (κ1) is 15.0. The molecule has 0 saturated carbocycles. The van der Waals surface area contributed by atoms with Gasteiger partial charge >= 0.3 is 0 Å². The van der Waals surface area contributed by atoms with Crippen molar-refractivity contribution in [3.63, 3.8) is 0 Å². The van der Waals surface area contributed by atoms with Crippen molar-refractivity contribution in [3.05, 3.63) is 55.8 Å². The second-order valence-corrected chi connectivity index (χ2v) is 7.43. The van der Waals surface area contributed by atoms with E-state index in [2.05, 4.69) is 45.0 Å². The van der Waals surface area contributed by atoms with Gasteiger partial charge in [-0.3, -0.25) is 9.69 Å². The van der Waals surface area contributed by atoms with Crippen LogP contribution in [0.1, 0.15) is 15.2 Å². The van der Waals surface area contributed by atoms with E-state index >= 15 is 0 Å². The molecule has 0 radical (unpaired) electrons. The molecule has 3 nitrogen and oxygen atoms in total. The lowest BCUT2D eigenvalue weighted by molar-refractivity contribution is 0.0629. The number of hydrogen-bond donors (Lipinski definition) is 0. The molecule has 0 unspecified atom stereocenters. The molecule has 1 saturated heterocycles. The van der Waals surface area contributed by atoms with Gasteiger partial charge in [0.05, 0.1) is 0 Å². The maximum atomic E-state index is 12.4. The summed E-state index contributed by atoms with van der Waals surface area (Å²) in [5.41, 5.74) is 0.794. The Morgan fingerprint density at radius 3 is 2.43 bits per heavy atom. The van der Waals surface area contributed by atoms with E-state index < -0.39 is 0 Å². The minimum absolute atomic E-state index is 0.155. The number of benzene rings is 1. The molecule has 110 valence electrons. The smallest absolute Gasteiger partial charge is 0.253 e. The Morgan fingerprint density at radius 2 is 1.81 bits per heavy atom. The molecule has 21 heavy (non-hydrogen) atoms. The van der Waals surface area contributed by atoms with Gasteiger partial charge in [-0.15, -0.1) is 11.3 Å². The number of nitrogens with zero attached hydrogens (tertiary/aromatic N) is 2. The molecule has 0 N–H and O–H groups in total. The highest BCUT2D eigenvalue weighted by atomic mass is 127. The fraction of sp³-hybridized carbons (Fsp3) is 0.312. The van der Waals surface area contributed by atoms with E-state index in [9.17, 15) is 4.79 Å². The summed E-state index contributed by atoms with van der Waals surface area (Å²) in [6.45, 7) is 4.54. The third kappa shape index (κ3) is 3.84. The topological polar surface area (TPSA) is 23.6 Å². The van der Waals surface area contributed by atoms with Gasteiger partial charge < -0.3 is 4.90 Å². The van der Waals surface area contributed by atoms with Gasteiger partial charge in [0.25, 0.3) is 5.91 Å². The molecule has 1 aromatic heterocycles. The van der Waals surface area contributed by atoms with Gasteiger partial charge in [0, 0.05) is 46.7 Å². The molecule has 0 bridgehead atoms. The van der Waals surface area contributed by atoms with Crippen LogP contribution in [0.3, 0.4) is 0 Å². The van der Waals surface area contributed by atoms with Gasteiger partial charge in [0.2, 0.25) is 0 Å². The molecule has 0 atom stereocenters. The average Bonchev–Trinajstić information content (AvgIpc) is 3.01. The number of carbonyl (C=O) groups is 1. The summed E-state index contributed by atoms with van der Waals surface area (Å²) in [5.74, 6) is 0.155. The predicted octanol–water partition coefficient (Wildman–Crippen LogP) is 3.31. The van der Waals surface area contributed by atoms with E-state index in [4.69, 9.17) is 0 Å². The van der Waals surface area contributed by atoms with Gasteiger partial charge in [-0.2, -0.15) is 0 Å². The van der Waals surface area contributed by atoms with Crippen LogP contribution in [0.4, 0.5) is 0 Å².